The van der Waals surface area contributed by atoms with Crippen molar-refractivity contribution < 1.29 is 18.0 Å². The number of benzene rings is 2. The van der Waals surface area contributed by atoms with Crippen LogP contribution in [0.3, 0.4) is 0 Å². The summed E-state index contributed by atoms with van der Waals surface area (Å²) in [4.78, 5) is 25.4. The van der Waals surface area contributed by atoms with E-state index in [2.05, 4.69) is 5.10 Å². The van der Waals surface area contributed by atoms with E-state index in [4.69, 9.17) is 0 Å². The van der Waals surface area contributed by atoms with Crippen molar-refractivity contribution >= 4 is 5.78 Å². The lowest BCUT2D eigenvalue weighted by molar-refractivity contribution is -0.138. The van der Waals surface area contributed by atoms with E-state index in [0.717, 1.165) is 34.7 Å². The standard InChI is InChI=1S/C23H22F3N3O2/c1-15-6-8-17(9-7-15)21-27-28(22(31)29(21)18-11-12-18)14-19(30)13-10-16-4-2-3-5-20(16)23(24,25)26/h2-9,18H,10-14H2,1H3. The molecule has 31 heavy (non-hydrogen) atoms. The molecule has 8 heteroatoms. The van der Waals surface area contributed by atoms with Gasteiger partial charge in [-0.2, -0.15) is 13.2 Å². The Kier molecular flexibility index (Phi) is 5.56. The minimum Gasteiger partial charge on any atom is -0.298 e. The lowest BCUT2D eigenvalue weighted by atomic mass is 10.0. The zero-order chi connectivity index (χ0) is 22.2. The van der Waals surface area contributed by atoms with Gasteiger partial charge in [-0.05, 0) is 37.8 Å². The highest BCUT2D eigenvalue weighted by Crippen LogP contribution is 2.36. The van der Waals surface area contributed by atoms with Gasteiger partial charge in [-0.15, -0.1) is 5.10 Å². The van der Waals surface area contributed by atoms with Crippen molar-refractivity contribution in [2.45, 2.75) is 51.4 Å². The summed E-state index contributed by atoms with van der Waals surface area (Å²) < 4.78 is 42.2. The van der Waals surface area contributed by atoms with Crippen LogP contribution in [-0.4, -0.2) is 20.1 Å². The van der Waals surface area contributed by atoms with Crippen LogP contribution >= 0.6 is 0 Å². The van der Waals surface area contributed by atoms with Gasteiger partial charge in [0.1, 0.15) is 6.54 Å². The van der Waals surface area contributed by atoms with Crippen molar-refractivity contribution in [1.29, 1.82) is 0 Å². The first-order chi connectivity index (χ1) is 14.7. The van der Waals surface area contributed by atoms with E-state index in [0.29, 0.717) is 5.82 Å². The van der Waals surface area contributed by atoms with E-state index in [1.165, 1.54) is 18.2 Å². The van der Waals surface area contributed by atoms with Gasteiger partial charge in [0.25, 0.3) is 0 Å². The highest BCUT2D eigenvalue weighted by atomic mass is 19.4. The molecule has 3 aromatic rings. The Morgan fingerprint density at radius 2 is 1.77 bits per heavy atom. The van der Waals surface area contributed by atoms with Gasteiger partial charge in [0.15, 0.2) is 11.6 Å². The van der Waals surface area contributed by atoms with Crippen LogP contribution in [0.4, 0.5) is 13.2 Å². The minimum atomic E-state index is -4.47. The molecule has 1 heterocycles. The number of aryl methyl sites for hydroxylation is 2. The number of carbonyl (C=O) groups excluding carboxylic acids is 1. The first-order valence-electron chi connectivity index (χ1n) is 10.2. The Morgan fingerprint density at radius 3 is 2.42 bits per heavy atom. The Labute approximate surface area is 177 Å². The van der Waals surface area contributed by atoms with Crippen molar-refractivity contribution in [2.75, 3.05) is 0 Å². The number of rotatable bonds is 7. The fourth-order valence-electron chi connectivity index (χ4n) is 3.62. The number of halogens is 3. The molecular weight excluding hydrogens is 407 g/mol. The molecule has 1 fully saturated rings. The Bertz CT molecular complexity index is 1160. The monoisotopic (exact) mass is 429 g/mol. The van der Waals surface area contributed by atoms with Crippen LogP contribution in [0.15, 0.2) is 53.3 Å². The number of hydrogen-bond acceptors (Lipinski definition) is 3. The summed E-state index contributed by atoms with van der Waals surface area (Å²) in [6.07, 6.45) is -2.85. The molecule has 162 valence electrons. The van der Waals surface area contributed by atoms with Crippen molar-refractivity contribution in [2.24, 2.45) is 0 Å². The Balaban J connectivity index is 1.52. The largest absolute Gasteiger partial charge is 0.416 e. The number of nitrogens with zero attached hydrogens (tertiary/aromatic N) is 3. The van der Waals surface area contributed by atoms with Gasteiger partial charge in [-0.25, -0.2) is 9.48 Å². The first kappa shape index (κ1) is 21.1. The molecule has 0 radical (unpaired) electrons. The molecule has 5 nitrogen and oxygen atoms in total. The number of alkyl halides is 3. The molecule has 1 aromatic heterocycles. The molecule has 1 aliphatic carbocycles. The van der Waals surface area contributed by atoms with Gasteiger partial charge in [-0.3, -0.25) is 9.36 Å². The smallest absolute Gasteiger partial charge is 0.298 e. The maximum Gasteiger partial charge on any atom is 0.416 e. The molecule has 0 N–H and O–H groups in total. The normalized spacial score (nSPS) is 14.1. The third-order valence-electron chi connectivity index (χ3n) is 5.41. The number of carbonyl (C=O) groups is 1. The number of hydrogen-bond donors (Lipinski definition) is 0. The summed E-state index contributed by atoms with van der Waals surface area (Å²) in [6, 6.07) is 12.9. The van der Waals surface area contributed by atoms with E-state index in [9.17, 15) is 22.8 Å². The van der Waals surface area contributed by atoms with E-state index in [-0.39, 0.29) is 42.5 Å². The quantitative estimate of drug-likeness (QED) is 0.553. The molecule has 1 saturated carbocycles. The third-order valence-corrected chi connectivity index (χ3v) is 5.41. The summed E-state index contributed by atoms with van der Waals surface area (Å²) in [5.41, 5.74) is 0.846. The van der Waals surface area contributed by atoms with Gasteiger partial charge in [-0.1, -0.05) is 48.0 Å². The Hall–Kier alpha value is -3.16. The van der Waals surface area contributed by atoms with Crippen molar-refractivity contribution in [1.82, 2.24) is 14.3 Å². The molecule has 0 amide bonds. The lowest BCUT2D eigenvalue weighted by Gasteiger charge is -2.12. The fourth-order valence-corrected chi connectivity index (χ4v) is 3.62. The van der Waals surface area contributed by atoms with Gasteiger partial charge in [0, 0.05) is 18.0 Å². The molecule has 0 aliphatic heterocycles. The predicted octanol–water partition coefficient (Wildman–Crippen LogP) is 4.58. The van der Waals surface area contributed by atoms with E-state index < -0.39 is 11.7 Å². The lowest BCUT2D eigenvalue weighted by Crippen LogP contribution is -2.27. The van der Waals surface area contributed by atoms with Crippen molar-refractivity contribution in [3.63, 3.8) is 0 Å². The average Bonchev–Trinajstić information content (AvgIpc) is 3.51. The maximum atomic E-state index is 13.1. The van der Waals surface area contributed by atoms with E-state index in [1.54, 1.807) is 4.57 Å². The molecular formula is C23H22F3N3O2. The number of Topliss-reactive ketones (excluding diaryl/α,β-unsaturated/α-hetero) is 1. The molecule has 0 spiro atoms. The Morgan fingerprint density at radius 1 is 1.10 bits per heavy atom. The van der Waals surface area contributed by atoms with E-state index >= 15 is 0 Å². The van der Waals surface area contributed by atoms with Crippen LogP contribution in [0.5, 0.6) is 0 Å². The molecule has 0 saturated heterocycles. The second kappa shape index (κ2) is 8.17. The molecule has 0 bridgehead atoms. The van der Waals surface area contributed by atoms with Crippen LogP contribution in [0.1, 0.15) is 42.0 Å². The van der Waals surface area contributed by atoms with Gasteiger partial charge in [0.2, 0.25) is 0 Å². The molecule has 1 aliphatic rings. The fraction of sp³-hybridized carbons (Fsp3) is 0.348. The van der Waals surface area contributed by atoms with Crippen LogP contribution in [0.2, 0.25) is 0 Å². The van der Waals surface area contributed by atoms with Crippen molar-refractivity contribution in [3.8, 4) is 11.4 Å². The van der Waals surface area contributed by atoms with Crippen molar-refractivity contribution in [3.05, 3.63) is 75.7 Å². The van der Waals surface area contributed by atoms with Gasteiger partial charge >= 0.3 is 11.9 Å². The highest BCUT2D eigenvalue weighted by molar-refractivity contribution is 5.78. The molecule has 4 rings (SSSR count). The summed E-state index contributed by atoms with van der Waals surface area (Å²) in [7, 11) is 0. The zero-order valence-corrected chi connectivity index (χ0v) is 17.0. The van der Waals surface area contributed by atoms with Gasteiger partial charge in [0.05, 0.1) is 5.56 Å². The van der Waals surface area contributed by atoms with Gasteiger partial charge < -0.3 is 0 Å². The SMILES string of the molecule is Cc1ccc(-c2nn(CC(=O)CCc3ccccc3C(F)(F)F)c(=O)n2C2CC2)cc1. The van der Waals surface area contributed by atoms with Crippen LogP contribution in [-0.2, 0) is 23.9 Å². The first-order valence-corrected chi connectivity index (χ1v) is 10.2. The number of aromatic nitrogens is 3. The molecule has 2 aromatic carbocycles. The second-order valence-corrected chi connectivity index (χ2v) is 7.92. The van der Waals surface area contributed by atoms with Crippen LogP contribution < -0.4 is 5.69 Å². The summed E-state index contributed by atoms with van der Waals surface area (Å²) in [5.74, 6) is 0.178. The second-order valence-electron chi connectivity index (χ2n) is 7.92. The highest BCUT2D eigenvalue weighted by Gasteiger charge is 2.33. The van der Waals surface area contributed by atoms with Crippen LogP contribution in [0.25, 0.3) is 11.4 Å². The summed E-state index contributed by atoms with van der Waals surface area (Å²) in [5, 5.41) is 4.39. The predicted molar refractivity (Wildman–Crippen MR) is 110 cm³/mol. The summed E-state index contributed by atoms with van der Waals surface area (Å²) in [6.45, 7) is 1.71. The third kappa shape index (κ3) is 4.62. The zero-order valence-electron chi connectivity index (χ0n) is 17.0. The maximum absolute atomic E-state index is 13.1. The average molecular weight is 429 g/mol. The summed E-state index contributed by atoms with van der Waals surface area (Å²) >= 11 is 0. The van der Waals surface area contributed by atoms with E-state index in [1.807, 2.05) is 31.2 Å². The molecule has 0 atom stereocenters. The van der Waals surface area contributed by atoms with Crippen LogP contribution in [0, 0.1) is 6.92 Å². The number of ketones is 1. The topological polar surface area (TPSA) is 56.9 Å². The minimum absolute atomic E-state index is 0.0442. The molecule has 0 unspecified atom stereocenters.